The van der Waals surface area contributed by atoms with Crippen LogP contribution in [0, 0.1) is 0 Å². The Balaban J connectivity index is 1.68. The second-order valence-corrected chi connectivity index (χ2v) is 6.13. The van der Waals surface area contributed by atoms with Gasteiger partial charge < -0.3 is 5.32 Å². The molecule has 2 aliphatic heterocycles. The van der Waals surface area contributed by atoms with E-state index in [9.17, 15) is 13.2 Å². The lowest BCUT2D eigenvalue weighted by molar-refractivity contribution is -0.125. The van der Waals surface area contributed by atoms with Gasteiger partial charge >= 0.3 is 6.18 Å². The summed E-state index contributed by atoms with van der Waals surface area (Å²) in [5, 5.41) is 2.52. The predicted molar refractivity (Wildman–Crippen MR) is 73.8 cm³/mol. The van der Waals surface area contributed by atoms with Crippen LogP contribution in [-0.4, -0.2) is 67.3 Å². The number of halogens is 3. The van der Waals surface area contributed by atoms with E-state index in [1.54, 1.807) is 0 Å². The Kier molecular flexibility index (Phi) is 5.69. The van der Waals surface area contributed by atoms with Gasteiger partial charge in [0, 0.05) is 31.7 Å². The van der Waals surface area contributed by atoms with E-state index in [4.69, 9.17) is 0 Å². The summed E-state index contributed by atoms with van der Waals surface area (Å²) >= 11 is 0. The van der Waals surface area contributed by atoms with Gasteiger partial charge in [-0.15, -0.1) is 0 Å². The summed E-state index contributed by atoms with van der Waals surface area (Å²) in [7, 11) is 0. The van der Waals surface area contributed by atoms with Crippen molar-refractivity contribution in [1.29, 1.82) is 0 Å². The molecule has 2 rings (SSSR count). The largest absolute Gasteiger partial charge is 0.401 e. The molecule has 2 heterocycles. The van der Waals surface area contributed by atoms with Crippen molar-refractivity contribution < 1.29 is 13.2 Å². The molecule has 3 nitrogen and oxygen atoms in total. The SMILES string of the molecule is CC(CNCC(F)(F)F)N1CCC(N2CCCCC2)C1. The zero-order valence-corrected chi connectivity index (χ0v) is 12.3. The first-order chi connectivity index (χ1) is 9.46. The number of nitrogens with one attached hydrogen (secondary N) is 1. The molecule has 6 heteroatoms. The van der Waals surface area contributed by atoms with Crippen molar-refractivity contribution in [3.63, 3.8) is 0 Å². The molecule has 2 atom stereocenters. The van der Waals surface area contributed by atoms with Gasteiger partial charge in [-0.3, -0.25) is 9.80 Å². The lowest BCUT2D eigenvalue weighted by Gasteiger charge is -2.33. The molecule has 0 bridgehead atoms. The van der Waals surface area contributed by atoms with E-state index in [0.717, 1.165) is 19.5 Å². The summed E-state index contributed by atoms with van der Waals surface area (Å²) in [6.45, 7) is 5.94. The molecule has 0 saturated carbocycles. The fraction of sp³-hybridized carbons (Fsp3) is 1.00. The zero-order valence-electron chi connectivity index (χ0n) is 12.3. The lowest BCUT2D eigenvalue weighted by Crippen LogP contribution is -2.45. The molecular weight excluding hydrogens is 267 g/mol. The fourth-order valence-electron chi connectivity index (χ4n) is 3.30. The van der Waals surface area contributed by atoms with E-state index in [-0.39, 0.29) is 6.04 Å². The van der Waals surface area contributed by atoms with Crippen LogP contribution in [0.5, 0.6) is 0 Å². The highest BCUT2D eigenvalue weighted by molar-refractivity contribution is 4.87. The standard InChI is InChI=1S/C14H26F3N3/c1-12(9-18-11-14(15,16)17)20-8-5-13(10-20)19-6-3-2-4-7-19/h12-13,18H,2-11H2,1H3. The highest BCUT2D eigenvalue weighted by atomic mass is 19.4. The van der Waals surface area contributed by atoms with Gasteiger partial charge in [0.2, 0.25) is 0 Å². The highest BCUT2D eigenvalue weighted by Gasteiger charge is 2.31. The van der Waals surface area contributed by atoms with E-state index in [2.05, 4.69) is 15.1 Å². The first kappa shape index (κ1) is 16.0. The van der Waals surface area contributed by atoms with Gasteiger partial charge in [-0.05, 0) is 39.3 Å². The number of likely N-dealkylation sites (tertiary alicyclic amines) is 2. The molecule has 20 heavy (non-hydrogen) atoms. The van der Waals surface area contributed by atoms with Crippen LogP contribution in [0.3, 0.4) is 0 Å². The highest BCUT2D eigenvalue weighted by Crippen LogP contribution is 2.21. The first-order valence-corrected chi connectivity index (χ1v) is 7.71. The Labute approximate surface area is 119 Å². The maximum atomic E-state index is 12.1. The summed E-state index contributed by atoms with van der Waals surface area (Å²) < 4.78 is 36.3. The Morgan fingerprint density at radius 2 is 1.85 bits per heavy atom. The Morgan fingerprint density at radius 1 is 1.15 bits per heavy atom. The van der Waals surface area contributed by atoms with Crippen LogP contribution >= 0.6 is 0 Å². The third kappa shape index (κ3) is 4.90. The number of hydrogen-bond acceptors (Lipinski definition) is 3. The van der Waals surface area contributed by atoms with Crippen LogP contribution < -0.4 is 5.32 Å². The number of hydrogen-bond donors (Lipinski definition) is 1. The Hall–Kier alpha value is -0.330. The summed E-state index contributed by atoms with van der Waals surface area (Å²) in [6, 6.07) is 0.785. The van der Waals surface area contributed by atoms with Gasteiger partial charge in [0.25, 0.3) is 0 Å². The van der Waals surface area contributed by atoms with Crippen LogP contribution in [0.4, 0.5) is 13.2 Å². The smallest absolute Gasteiger partial charge is 0.307 e. The van der Waals surface area contributed by atoms with E-state index >= 15 is 0 Å². The van der Waals surface area contributed by atoms with Gasteiger partial charge in [-0.25, -0.2) is 0 Å². The van der Waals surface area contributed by atoms with Gasteiger partial charge in [-0.1, -0.05) is 6.42 Å². The van der Waals surface area contributed by atoms with Crippen LogP contribution in [0.2, 0.25) is 0 Å². The maximum absolute atomic E-state index is 12.1. The van der Waals surface area contributed by atoms with Crippen molar-refractivity contribution in [2.45, 2.75) is 50.9 Å². The summed E-state index contributed by atoms with van der Waals surface area (Å²) in [5.41, 5.74) is 0. The van der Waals surface area contributed by atoms with Crippen LogP contribution in [0.15, 0.2) is 0 Å². The average Bonchev–Trinajstić information content (AvgIpc) is 2.88. The molecule has 2 saturated heterocycles. The Bertz CT molecular complexity index is 290. The van der Waals surface area contributed by atoms with Gasteiger partial charge in [0.15, 0.2) is 0 Å². The minimum atomic E-state index is -4.11. The first-order valence-electron chi connectivity index (χ1n) is 7.71. The van der Waals surface area contributed by atoms with Crippen LogP contribution in [0.25, 0.3) is 0 Å². The van der Waals surface area contributed by atoms with Crippen molar-refractivity contribution in [2.75, 3.05) is 39.3 Å². The van der Waals surface area contributed by atoms with Crippen molar-refractivity contribution in [3.8, 4) is 0 Å². The van der Waals surface area contributed by atoms with Crippen molar-refractivity contribution in [1.82, 2.24) is 15.1 Å². The predicted octanol–water partition coefficient (Wildman–Crippen LogP) is 2.09. The second kappa shape index (κ2) is 7.09. The normalized spacial score (nSPS) is 27.9. The summed E-state index contributed by atoms with van der Waals surface area (Å²) in [6.07, 6.45) is 0.966. The van der Waals surface area contributed by atoms with E-state index in [0.29, 0.717) is 12.6 Å². The molecule has 0 radical (unpaired) electrons. The maximum Gasteiger partial charge on any atom is 0.401 e. The number of rotatable bonds is 5. The molecule has 2 unspecified atom stereocenters. The number of piperidine rings is 1. The molecule has 1 N–H and O–H groups in total. The molecule has 2 aliphatic rings. The molecule has 0 spiro atoms. The quantitative estimate of drug-likeness (QED) is 0.837. The summed E-state index contributed by atoms with van der Waals surface area (Å²) in [5.74, 6) is 0. The fourth-order valence-corrected chi connectivity index (χ4v) is 3.30. The molecular formula is C14H26F3N3. The van der Waals surface area contributed by atoms with Gasteiger partial charge in [0.1, 0.15) is 0 Å². The third-order valence-electron chi connectivity index (χ3n) is 4.49. The molecule has 0 aromatic rings. The average molecular weight is 293 g/mol. The number of nitrogens with zero attached hydrogens (tertiary/aromatic N) is 2. The van der Waals surface area contributed by atoms with Crippen LogP contribution in [0.1, 0.15) is 32.6 Å². The zero-order chi connectivity index (χ0) is 14.6. The van der Waals surface area contributed by atoms with E-state index < -0.39 is 12.7 Å². The van der Waals surface area contributed by atoms with Crippen molar-refractivity contribution in [2.24, 2.45) is 0 Å². The third-order valence-corrected chi connectivity index (χ3v) is 4.49. The molecule has 0 aliphatic carbocycles. The van der Waals surface area contributed by atoms with Gasteiger partial charge in [0.05, 0.1) is 6.54 Å². The van der Waals surface area contributed by atoms with Gasteiger partial charge in [-0.2, -0.15) is 13.2 Å². The topological polar surface area (TPSA) is 18.5 Å². The summed E-state index contributed by atoms with van der Waals surface area (Å²) in [4.78, 5) is 4.89. The molecule has 118 valence electrons. The second-order valence-electron chi connectivity index (χ2n) is 6.13. The molecule has 0 aromatic carbocycles. The molecule has 0 aromatic heterocycles. The van der Waals surface area contributed by atoms with E-state index in [1.807, 2.05) is 6.92 Å². The van der Waals surface area contributed by atoms with Crippen LogP contribution in [-0.2, 0) is 0 Å². The molecule has 2 fully saturated rings. The van der Waals surface area contributed by atoms with Crippen molar-refractivity contribution >= 4 is 0 Å². The van der Waals surface area contributed by atoms with E-state index in [1.165, 1.54) is 32.4 Å². The minimum Gasteiger partial charge on any atom is -0.307 e. The Morgan fingerprint density at radius 3 is 2.50 bits per heavy atom. The van der Waals surface area contributed by atoms with Crippen molar-refractivity contribution in [3.05, 3.63) is 0 Å². The number of alkyl halides is 3. The monoisotopic (exact) mass is 293 g/mol. The lowest BCUT2D eigenvalue weighted by atomic mass is 10.1. The minimum absolute atomic E-state index is 0.173. The molecule has 0 amide bonds.